The zero-order valence-corrected chi connectivity index (χ0v) is 16.0. The van der Waals surface area contributed by atoms with Gasteiger partial charge in [-0.1, -0.05) is 29.5 Å². The van der Waals surface area contributed by atoms with Crippen molar-refractivity contribution in [3.8, 4) is 17.2 Å². The summed E-state index contributed by atoms with van der Waals surface area (Å²) in [6.07, 6.45) is 3.06. The minimum absolute atomic E-state index is 0.112. The third-order valence-corrected chi connectivity index (χ3v) is 5.02. The number of carbonyl (C=O) groups is 1. The first-order valence-corrected chi connectivity index (χ1v) is 8.93. The molecule has 0 aliphatic rings. The van der Waals surface area contributed by atoms with Gasteiger partial charge in [-0.15, -0.1) is 0 Å². The van der Waals surface area contributed by atoms with Crippen LogP contribution in [0, 0.1) is 0 Å². The molecule has 0 amide bonds. The molecule has 0 aliphatic carbocycles. The first kappa shape index (κ1) is 18.7. The summed E-state index contributed by atoms with van der Waals surface area (Å²) in [6, 6.07) is 12.3. The Morgan fingerprint density at radius 2 is 1.63 bits per heavy atom. The second-order valence-corrected chi connectivity index (χ2v) is 6.67. The quantitative estimate of drug-likeness (QED) is 0.473. The summed E-state index contributed by atoms with van der Waals surface area (Å²) in [7, 11) is 4.68. The van der Waals surface area contributed by atoms with Crippen LogP contribution in [0.15, 0.2) is 53.3 Å². The van der Waals surface area contributed by atoms with Crippen LogP contribution in [0.4, 0.5) is 0 Å². The van der Waals surface area contributed by atoms with E-state index in [0.29, 0.717) is 21.6 Å². The molecule has 2 aromatic carbocycles. The first-order chi connectivity index (χ1) is 13.0. The average Bonchev–Trinajstić information content (AvgIpc) is 2.70. The summed E-state index contributed by atoms with van der Waals surface area (Å²) >= 11 is 0.996. The number of hydrogen-bond donors (Lipinski definition) is 0. The number of benzene rings is 2. The molecule has 0 spiro atoms. The van der Waals surface area contributed by atoms with E-state index < -0.39 is 0 Å². The Morgan fingerprint density at radius 3 is 2.26 bits per heavy atom. The van der Waals surface area contributed by atoms with Crippen molar-refractivity contribution < 1.29 is 19.0 Å². The van der Waals surface area contributed by atoms with Crippen molar-refractivity contribution in [3.63, 3.8) is 0 Å². The van der Waals surface area contributed by atoms with Gasteiger partial charge in [0.15, 0.2) is 5.78 Å². The molecule has 0 atom stereocenters. The lowest BCUT2D eigenvalue weighted by atomic mass is 10.1. The van der Waals surface area contributed by atoms with Crippen molar-refractivity contribution in [1.82, 2.24) is 0 Å². The van der Waals surface area contributed by atoms with Crippen LogP contribution in [0.25, 0.3) is 16.2 Å². The Hall–Kier alpha value is -3.12. The molecule has 1 heterocycles. The van der Waals surface area contributed by atoms with Crippen LogP contribution in [0.5, 0.6) is 17.2 Å². The van der Waals surface area contributed by atoms with E-state index in [2.05, 4.69) is 0 Å². The van der Waals surface area contributed by atoms with E-state index in [1.54, 1.807) is 50.6 Å². The topological polar surface area (TPSA) is 61.8 Å². The molecule has 0 saturated carbocycles. The maximum atomic E-state index is 12.6. The number of allylic oxidation sites excluding steroid dienone is 1. The van der Waals surface area contributed by atoms with Crippen LogP contribution in [0.3, 0.4) is 0 Å². The Labute approximate surface area is 160 Å². The SMILES string of the molecule is COc1ccc(C=CC(=O)c2cc3c(OC)cc(OC)cc3sc2=O)cc1. The molecule has 0 N–H and O–H groups in total. The Bertz CT molecular complexity index is 1060. The van der Waals surface area contributed by atoms with E-state index in [0.717, 1.165) is 22.6 Å². The van der Waals surface area contributed by atoms with Crippen molar-refractivity contribution >= 4 is 33.3 Å². The van der Waals surface area contributed by atoms with Crippen LogP contribution in [-0.4, -0.2) is 27.1 Å². The summed E-state index contributed by atoms with van der Waals surface area (Å²) in [5, 5.41) is 0.698. The zero-order chi connectivity index (χ0) is 19.4. The van der Waals surface area contributed by atoms with E-state index in [-0.39, 0.29) is 16.1 Å². The maximum Gasteiger partial charge on any atom is 0.244 e. The van der Waals surface area contributed by atoms with Gasteiger partial charge in [0.1, 0.15) is 17.2 Å². The van der Waals surface area contributed by atoms with Gasteiger partial charge in [-0.05, 0) is 35.9 Å². The van der Waals surface area contributed by atoms with Gasteiger partial charge in [0.25, 0.3) is 0 Å². The molecular weight excluding hydrogens is 364 g/mol. The fourth-order valence-electron chi connectivity index (χ4n) is 2.60. The fraction of sp³-hybridized carbons (Fsp3) is 0.143. The number of methoxy groups -OCH3 is 3. The van der Waals surface area contributed by atoms with Gasteiger partial charge in [0, 0.05) is 16.2 Å². The van der Waals surface area contributed by atoms with Crippen molar-refractivity contribution in [3.05, 3.63) is 69.2 Å². The minimum Gasteiger partial charge on any atom is -0.497 e. The molecule has 3 rings (SSSR count). The van der Waals surface area contributed by atoms with Gasteiger partial charge in [-0.2, -0.15) is 0 Å². The molecule has 0 saturated heterocycles. The highest BCUT2D eigenvalue weighted by Gasteiger charge is 2.14. The van der Waals surface area contributed by atoms with Crippen LogP contribution >= 0.6 is 11.3 Å². The molecule has 5 nitrogen and oxygen atoms in total. The summed E-state index contributed by atoms with van der Waals surface area (Å²) in [4.78, 5) is 25.0. The van der Waals surface area contributed by atoms with Gasteiger partial charge in [0.05, 0.1) is 26.9 Å². The molecule has 3 aromatic rings. The standard InChI is InChI=1S/C21H18O5S/c1-24-14-7-4-13(5-8-14)6-9-18(22)16-12-17-19(26-3)10-15(25-2)11-20(17)27-21(16)23/h4-12H,1-3H3. The molecular formula is C21H18O5S. The molecule has 0 fully saturated rings. The molecule has 0 aliphatic heterocycles. The van der Waals surface area contributed by atoms with Gasteiger partial charge in [0.2, 0.25) is 4.74 Å². The molecule has 1 aromatic heterocycles. The lowest BCUT2D eigenvalue weighted by Crippen LogP contribution is -2.09. The minimum atomic E-state index is -0.355. The van der Waals surface area contributed by atoms with Crippen LogP contribution in [0.2, 0.25) is 0 Å². The van der Waals surface area contributed by atoms with E-state index >= 15 is 0 Å². The van der Waals surface area contributed by atoms with Crippen molar-refractivity contribution in [2.45, 2.75) is 0 Å². The smallest absolute Gasteiger partial charge is 0.244 e. The average molecular weight is 382 g/mol. The van der Waals surface area contributed by atoms with E-state index in [4.69, 9.17) is 14.2 Å². The Kier molecular flexibility index (Phi) is 5.57. The highest BCUT2D eigenvalue weighted by molar-refractivity contribution is 7.16. The Morgan fingerprint density at radius 1 is 0.926 bits per heavy atom. The van der Waals surface area contributed by atoms with Crippen LogP contribution in [0.1, 0.15) is 15.9 Å². The molecule has 138 valence electrons. The second-order valence-electron chi connectivity index (χ2n) is 5.66. The second kappa shape index (κ2) is 8.05. The number of rotatable bonds is 6. The molecule has 6 heteroatoms. The number of hydrogen-bond acceptors (Lipinski definition) is 6. The van der Waals surface area contributed by atoms with Crippen molar-refractivity contribution in [1.29, 1.82) is 0 Å². The lowest BCUT2D eigenvalue weighted by Gasteiger charge is -2.08. The van der Waals surface area contributed by atoms with Gasteiger partial charge < -0.3 is 14.2 Å². The van der Waals surface area contributed by atoms with Crippen molar-refractivity contribution in [2.24, 2.45) is 0 Å². The number of ketones is 1. The number of ether oxygens (including phenoxy) is 3. The fourth-order valence-corrected chi connectivity index (χ4v) is 3.51. The highest BCUT2D eigenvalue weighted by atomic mass is 32.1. The normalized spacial score (nSPS) is 10.9. The molecule has 27 heavy (non-hydrogen) atoms. The predicted octanol–water partition coefficient (Wildman–Crippen LogP) is 4.18. The van der Waals surface area contributed by atoms with Gasteiger partial charge in [-0.25, -0.2) is 0 Å². The summed E-state index contributed by atoms with van der Waals surface area (Å²) in [5.41, 5.74) is 0.948. The molecule has 0 bridgehead atoms. The number of fused-ring (bicyclic) bond motifs is 1. The largest absolute Gasteiger partial charge is 0.497 e. The number of carbonyl (C=O) groups excluding carboxylic acids is 1. The zero-order valence-electron chi connectivity index (χ0n) is 15.1. The maximum absolute atomic E-state index is 12.6. The van der Waals surface area contributed by atoms with E-state index in [1.165, 1.54) is 13.2 Å². The van der Waals surface area contributed by atoms with E-state index in [1.807, 2.05) is 12.1 Å². The third kappa shape index (κ3) is 4.01. The van der Waals surface area contributed by atoms with Crippen molar-refractivity contribution in [2.75, 3.05) is 21.3 Å². The monoisotopic (exact) mass is 382 g/mol. The van der Waals surface area contributed by atoms with E-state index in [9.17, 15) is 9.59 Å². The summed E-state index contributed by atoms with van der Waals surface area (Å²) in [6.45, 7) is 0. The Balaban J connectivity index is 1.97. The van der Waals surface area contributed by atoms with Crippen LogP contribution in [-0.2, 0) is 0 Å². The summed E-state index contributed by atoms with van der Waals surface area (Å²) in [5.74, 6) is 1.52. The molecule has 0 radical (unpaired) electrons. The van der Waals surface area contributed by atoms with Crippen LogP contribution < -0.4 is 19.0 Å². The molecule has 0 unspecified atom stereocenters. The highest BCUT2D eigenvalue weighted by Crippen LogP contribution is 2.32. The third-order valence-electron chi connectivity index (χ3n) is 4.05. The lowest BCUT2D eigenvalue weighted by molar-refractivity contribution is 0.104. The summed E-state index contributed by atoms with van der Waals surface area (Å²) < 4.78 is 16.1. The predicted molar refractivity (Wildman–Crippen MR) is 108 cm³/mol. The van der Waals surface area contributed by atoms with Gasteiger partial charge >= 0.3 is 0 Å². The first-order valence-electron chi connectivity index (χ1n) is 8.12. The van der Waals surface area contributed by atoms with Gasteiger partial charge in [-0.3, -0.25) is 9.59 Å².